The first kappa shape index (κ1) is 15.9. The number of sulfonamides is 1. The van der Waals surface area contributed by atoms with Crippen LogP contribution in [-0.4, -0.2) is 40.5 Å². The van der Waals surface area contributed by atoms with Crippen molar-refractivity contribution >= 4 is 37.6 Å². The van der Waals surface area contributed by atoms with E-state index >= 15 is 0 Å². The van der Waals surface area contributed by atoms with Crippen LogP contribution in [0.4, 0.5) is 0 Å². The first-order valence-electron chi connectivity index (χ1n) is 5.42. The van der Waals surface area contributed by atoms with Crippen molar-refractivity contribution in [2.75, 3.05) is 27.2 Å². The quantitative estimate of drug-likeness (QED) is 0.797. The minimum Gasteiger partial charge on any atom is -0.309 e. The van der Waals surface area contributed by atoms with Gasteiger partial charge >= 0.3 is 0 Å². The molecule has 0 fully saturated rings. The summed E-state index contributed by atoms with van der Waals surface area (Å²) in [5, 5.41) is 0.212. The smallest absolute Gasteiger partial charge is 0.242 e. The zero-order valence-corrected chi connectivity index (χ0v) is 13.4. The summed E-state index contributed by atoms with van der Waals surface area (Å²) in [6.07, 6.45) is 0.750. The maximum atomic E-state index is 12.0. The molecule has 1 aromatic carbocycles. The number of hydrogen-bond donors (Lipinski definition) is 1. The highest BCUT2D eigenvalue weighted by Crippen LogP contribution is 2.24. The molecule has 0 spiro atoms. The van der Waals surface area contributed by atoms with E-state index in [1.165, 1.54) is 6.07 Å². The molecular weight excluding hydrogens is 340 g/mol. The lowest BCUT2D eigenvalue weighted by Crippen LogP contribution is -2.27. The fourth-order valence-electron chi connectivity index (χ4n) is 1.37. The van der Waals surface area contributed by atoms with Crippen LogP contribution in [0.1, 0.15) is 6.42 Å². The molecule has 0 bridgehead atoms. The van der Waals surface area contributed by atoms with E-state index in [0.29, 0.717) is 6.54 Å². The summed E-state index contributed by atoms with van der Waals surface area (Å²) in [6, 6.07) is 4.71. The fourth-order valence-corrected chi connectivity index (χ4v) is 3.48. The normalized spacial score (nSPS) is 12.1. The van der Waals surface area contributed by atoms with Crippen molar-refractivity contribution in [1.82, 2.24) is 9.62 Å². The van der Waals surface area contributed by atoms with Crippen LogP contribution in [0, 0.1) is 0 Å². The molecule has 0 aliphatic rings. The molecule has 4 nitrogen and oxygen atoms in total. The molecule has 0 radical (unpaired) electrons. The van der Waals surface area contributed by atoms with Crippen LogP contribution < -0.4 is 4.72 Å². The molecule has 1 N–H and O–H groups in total. The van der Waals surface area contributed by atoms with Crippen molar-refractivity contribution in [3.05, 3.63) is 27.7 Å². The third kappa shape index (κ3) is 4.85. The Balaban J connectivity index is 2.69. The Bertz CT molecular complexity index is 506. The summed E-state index contributed by atoms with van der Waals surface area (Å²) in [7, 11) is 0.362. The van der Waals surface area contributed by atoms with E-state index in [1.54, 1.807) is 12.1 Å². The lowest BCUT2D eigenvalue weighted by atomic mass is 10.4. The average molecular weight is 356 g/mol. The van der Waals surface area contributed by atoms with Gasteiger partial charge in [-0.1, -0.05) is 27.5 Å². The zero-order valence-electron chi connectivity index (χ0n) is 10.3. The van der Waals surface area contributed by atoms with Gasteiger partial charge in [-0.3, -0.25) is 0 Å². The number of halogens is 2. The molecule has 1 aromatic rings. The second-order valence-electron chi connectivity index (χ2n) is 4.13. The fraction of sp³-hybridized carbons (Fsp3) is 0.455. The number of nitrogens with zero attached hydrogens (tertiary/aromatic N) is 1. The van der Waals surface area contributed by atoms with Gasteiger partial charge in [-0.15, -0.1) is 0 Å². The van der Waals surface area contributed by atoms with Crippen molar-refractivity contribution in [3.63, 3.8) is 0 Å². The van der Waals surface area contributed by atoms with Crippen molar-refractivity contribution in [2.24, 2.45) is 0 Å². The summed E-state index contributed by atoms with van der Waals surface area (Å²) in [6.45, 7) is 1.23. The highest BCUT2D eigenvalue weighted by molar-refractivity contribution is 9.10. The Morgan fingerprint density at radius 1 is 1.39 bits per heavy atom. The molecule has 0 heterocycles. The van der Waals surface area contributed by atoms with Gasteiger partial charge in [-0.25, -0.2) is 13.1 Å². The summed E-state index contributed by atoms with van der Waals surface area (Å²) < 4.78 is 27.3. The van der Waals surface area contributed by atoms with Crippen molar-refractivity contribution in [3.8, 4) is 0 Å². The van der Waals surface area contributed by atoms with Crippen molar-refractivity contribution < 1.29 is 8.42 Å². The maximum Gasteiger partial charge on any atom is 0.242 e. The maximum absolute atomic E-state index is 12.0. The number of nitrogens with one attached hydrogen (secondary N) is 1. The monoisotopic (exact) mass is 354 g/mol. The van der Waals surface area contributed by atoms with Crippen LogP contribution in [0.5, 0.6) is 0 Å². The molecule has 0 aliphatic heterocycles. The minimum absolute atomic E-state index is 0.109. The van der Waals surface area contributed by atoms with Crippen LogP contribution in [0.15, 0.2) is 27.6 Å². The predicted molar refractivity (Wildman–Crippen MR) is 77.5 cm³/mol. The Morgan fingerprint density at radius 3 is 2.61 bits per heavy atom. The Labute approximate surface area is 121 Å². The standard InChI is InChI=1S/C11H16BrClN2O2S/c1-15(2)7-3-6-14-18(16,17)11-5-4-9(12)8-10(11)13/h4-5,8,14H,3,6-7H2,1-2H3. The van der Waals surface area contributed by atoms with Crippen LogP contribution in [0.3, 0.4) is 0 Å². The van der Waals surface area contributed by atoms with E-state index in [-0.39, 0.29) is 9.92 Å². The molecule has 0 unspecified atom stereocenters. The second kappa shape index (κ2) is 6.86. The van der Waals surface area contributed by atoms with Crippen LogP contribution in [0.2, 0.25) is 5.02 Å². The third-order valence-corrected chi connectivity index (χ3v) is 4.69. The molecule has 1 rings (SSSR count). The molecule has 18 heavy (non-hydrogen) atoms. The topological polar surface area (TPSA) is 49.4 Å². The van der Waals surface area contributed by atoms with E-state index < -0.39 is 10.0 Å². The number of rotatable bonds is 6. The molecule has 0 saturated heterocycles. The molecule has 0 amide bonds. The molecule has 0 aliphatic carbocycles. The van der Waals surface area contributed by atoms with E-state index in [0.717, 1.165) is 17.4 Å². The van der Waals surface area contributed by atoms with E-state index in [1.807, 2.05) is 19.0 Å². The lowest BCUT2D eigenvalue weighted by Gasteiger charge is -2.11. The Kier molecular flexibility index (Phi) is 6.07. The van der Waals surface area contributed by atoms with Gasteiger partial charge in [0.25, 0.3) is 0 Å². The average Bonchev–Trinajstić information content (AvgIpc) is 2.23. The predicted octanol–water partition coefficient (Wildman–Crippen LogP) is 2.33. The highest BCUT2D eigenvalue weighted by atomic mass is 79.9. The summed E-state index contributed by atoms with van der Waals surface area (Å²) >= 11 is 9.16. The van der Waals surface area contributed by atoms with Gasteiger partial charge in [0.2, 0.25) is 10.0 Å². The first-order valence-corrected chi connectivity index (χ1v) is 8.08. The van der Waals surface area contributed by atoms with Crippen LogP contribution >= 0.6 is 27.5 Å². The summed E-state index contributed by atoms with van der Waals surface area (Å²) in [5.41, 5.74) is 0. The van der Waals surface area contributed by atoms with E-state index in [4.69, 9.17) is 11.6 Å². The zero-order chi connectivity index (χ0) is 13.8. The van der Waals surface area contributed by atoms with Gasteiger partial charge in [0.05, 0.1) is 5.02 Å². The Morgan fingerprint density at radius 2 is 2.06 bits per heavy atom. The Hall–Kier alpha value is -0.140. The molecule has 102 valence electrons. The number of hydrogen-bond acceptors (Lipinski definition) is 3. The third-order valence-electron chi connectivity index (χ3n) is 2.26. The number of benzene rings is 1. The molecule has 7 heteroatoms. The molecule has 0 aromatic heterocycles. The van der Waals surface area contributed by atoms with Gasteiger partial charge in [-0.05, 0) is 45.3 Å². The van der Waals surface area contributed by atoms with E-state index in [2.05, 4.69) is 20.7 Å². The second-order valence-corrected chi connectivity index (χ2v) is 7.19. The summed E-state index contributed by atoms with van der Waals surface area (Å²) in [5.74, 6) is 0. The van der Waals surface area contributed by atoms with Gasteiger partial charge in [0.1, 0.15) is 4.90 Å². The van der Waals surface area contributed by atoms with Gasteiger partial charge < -0.3 is 4.90 Å². The molecular formula is C11H16BrClN2O2S. The van der Waals surface area contributed by atoms with Gasteiger partial charge in [0.15, 0.2) is 0 Å². The highest BCUT2D eigenvalue weighted by Gasteiger charge is 2.17. The molecule has 0 saturated carbocycles. The van der Waals surface area contributed by atoms with E-state index in [9.17, 15) is 8.42 Å². The van der Waals surface area contributed by atoms with Crippen LogP contribution in [-0.2, 0) is 10.0 Å². The van der Waals surface area contributed by atoms with Crippen LogP contribution in [0.25, 0.3) is 0 Å². The first-order chi connectivity index (χ1) is 8.33. The largest absolute Gasteiger partial charge is 0.309 e. The van der Waals surface area contributed by atoms with Gasteiger partial charge in [0, 0.05) is 11.0 Å². The van der Waals surface area contributed by atoms with Crippen molar-refractivity contribution in [2.45, 2.75) is 11.3 Å². The lowest BCUT2D eigenvalue weighted by molar-refractivity contribution is 0.400. The van der Waals surface area contributed by atoms with Crippen molar-refractivity contribution in [1.29, 1.82) is 0 Å². The van der Waals surface area contributed by atoms with Gasteiger partial charge in [-0.2, -0.15) is 0 Å². The minimum atomic E-state index is -3.53. The molecule has 0 atom stereocenters. The summed E-state index contributed by atoms with van der Waals surface area (Å²) in [4.78, 5) is 2.11. The SMILES string of the molecule is CN(C)CCCNS(=O)(=O)c1ccc(Br)cc1Cl.